The highest BCUT2D eigenvalue weighted by molar-refractivity contribution is 7.21. The Labute approximate surface area is 163 Å². The summed E-state index contributed by atoms with van der Waals surface area (Å²) in [5, 5.41) is 5.97. The van der Waals surface area contributed by atoms with Crippen LogP contribution in [0.4, 0.5) is 0 Å². The van der Waals surface area contributed by atoms with Gasteiger partial charge in [-0.15, -0.1) is 11.3 Å². The number of ether oxygens (including phenoxy) is 1. The van der Waals surface area contributed by atoms with Crippen molar-refractivity contribution in [2.75, 3.05) is 7.11 Å². The Morgan fingerprint density at radius 3 is 2.60 bits per heavy atom. The number of hydrogen-bond donors (Lipinski definition) is 1. The fourth-order valence-electron chi connectivity index (χ4n) is 2.16. The second-order valence-electron chi connectivity index (χ2n) is 4.94. The fourth-order valence-corrected chi connectivity index (χ4v) is 4.09. The highest BCUT2D eigenvalue weighted by atomic mass is 35.5. The zero-order valence-electron chi connectivity index (χ0n) is 12.8. The van der Waals surface area contributed by atoms with Crippen LogP contribution >= 0.6 is 46.1 Å². The first-order chi connectivity index (χ1) is 12.0. The molecule has 0 saturated heterocycles. The van der Waals surface area contributed by atoms with Crippen molar-refractivity contribution in [3.63, 3.8) is 0 Å². The van der Waals surface area contributed by atoms with Crippen molar-refractivity contribution in [1.82, 2.24) is 5.43 Å². The minimum atomic E-state index is -0.412. The van der Waals surface area contributed by atoms with Gasteiger partial charge in [0.15, 0.2) is 0 Å². The monoisotopic (exact) mass is 412 g/mol. The predicted octanol–water partition coefficient (Wildman–Crippen LogP) is 5.63. The molecule has 0 aliphatic heterocycles. The van der Waals surface area contributed by atoms with Crippen LogP contribution in [0.25, 0.3) is 10.1 Å². The molecule has 128 valence electrons. The number of halogens is 3. The lowest BCUT2D eigenvalue weighted by molar-refractivity contribution is 0.0959. The van der Waals surface area contributed by atoms with E-state index in [0.717, 1.165) is 10.1 Å². The Hall–Kier alpha value is -1.79. The molecular formula is C17H11Cl3N2O2S. The lowest BCUT2D eigenvalue weighted by atomic mass is 10.2. The minimum Gasteiger partial charge on any atom is -0.497 e. The molecule has 0 atom stereocenters. The summed E-state index contributed by atoms with van der Waals surface area (Å²) in [5.41, 5.74) is 2.97. The zero-order valence-corrected chi connectivity index (χ0v) is 15.9. The molecule has 0 aliphatic carbocycles. The normalized spacial score (nSPS) is 11.2. The molecule has 0 aliphatic rings. The summed E-state index contributed by atoms with van der Waals surface area (Å²) in [5.74, 6) is 0.286. The molecular weight excluding hydrogens is 403 g/mol. The number of thiophene rings is 1. The topological polar surface area (TPSA) is 50.7 Å². The summed E-state index contributed by atoms with van der Waals surface area (Å²) >= 11 is 19.7. The predicted molar refractivity (Wildman–Crippen MR) is 105 cm³/mol. The first kappa shape index (κ1) is 18.0. The molecule has 4 nitrogen and oxygen atoms in total. The molecule has 0 fully saturated rings. The van der Waals surface area contributed by atoms with Crippen LogP contribution in [0.15, 0.2) is 41.5 Å². The molecule has 2 aromatic carbocycles. The maximum absolute atomic E-state index is 12.4. The average Bonchev–Trinajstić information content (AvgIpc) is 2.93. The maximum Gasteiger partial charge on any atom is 0.283 e. The van der Waals surface area contributed by atoms with Crippen molar-refractivity contribution in [3.05, 3.63) is 61.9 Å². The van der Waals surface area contributed by atoms with Gasteiger partial charge in [0, 0.05) is 15.6 Å². The summed E-state index contributed by atoms with van der Waals surface area (Å²) in [6.45, 7) is 0. The van der Waals surface area contributed by atoms with E-state index < -0.39 is 5.91 Å². The smallest absolute Gasteiger partial charge is 0.283 e. The summed E-state index contributed by atoms with van der Waals surface area (Å²) in [4.78, 5) is 12.7. The minimum absolute atomic E-state index is 0.368. The van der Waals surface area contributed by atoms with Crippen molar-refractivity contribution in [1.29, 1.82) is 0 Å². The molecule has 25 heavy (non-hydrogen) atoms. The number of fused-ring (bicyclic) bond motifs is 1. The third kappa shape index (κ3) is 3.75. The number of hydrogen-bond acceptors (Lipinski definition) is 4. The fraction of sp³-hybridized carbons (Fsp3) is 0.0588. The van der Waals surface area contributed by atoms with Crippen LogP contribution in [-0.4, -0.2) is 19.2 Å². The van der Waals surface area contributed by atoms with E-state index in [1.165, 1.54) is 17.6 Å². The lowest BCUT2D eigenvalue weighted by Gasteiger charge is -2.01. The number of amides is 1. The number of nitrogens with one attached hydrogen (secondary N) is 1. The third-order valence-corrected chi connectivity index (χ3v) is 5.72. The van der Waals surface area contributed by atoms with Gasteiger partial charge in [-0.25, -0.2) is 5.43 Å². The number of methoxy groups -OCH3 is 1. The largest absolute Gasteiger partial charge is 0.497 e. The first-order valence-corrected chi connectivity index (χ1v) is 8.99. The van der Waals surface area contributed by atoms with Gasteiger partial charge in [-0.05, 0) is 30.3 Å². The van der Waals surface area contributed by atoms with Gasteiger partial charge in [0.2, 0.25) is 0 Å². The van der Waals surface area contributed by atoms with Crippen LogP contribution in [0, 0.1) is 0 Å². The van der Waals surface area contributed by atoms with E-state index in [1.807, 2.05) is 12.1 Å². The number of hydrazone groups is 1. The van der Waals surface area contributed by atoms with E-state index in [-0.39, 0.29) is 0 Å². The standard InChI is InChI=1S/C17H11Cl3N2O2S/c1-24-9-5-6-10-14(7-9)25-16(15(10)20)17(23)22-21-8-11-12(18)3-2-4-13(11)19/h2-8H,1H3,(H,22,23). The van der Waals surface area contributed by atoms with Crippen LogP contribution < -0.4 is 10.2 Å². The van der Waals surface area contributed by atoms with E-state index in [4.69, 9.17) is 39.5 Å². The summed E-state index contributed by atoms with van der Waals surface area (Å²) in [7, 11) is 1.58. The number of benzene rings is 2. The molecule has 0 radical (unpaired) electrons. The maximum atomic E-state index is 12.4. The Kier molecular flexibility index (Phi) is 5.49. The van der Waals surface area contributed by atoms with Crippen LogP contribution in [0.1, 0.15) is 15.2 Å². The molecule has 3 rings (SSSR count). The van der Waals surface area contributed by atoms with Gasteiger partial charge >= 0.3 is 0 Å². The molecule has 0 bridgehead atoms. The van der Waals surface area contributed by atoms with Crippen LogP contribution in [0.3, 0.4) is 0 Å². The summed E-state index contributed by atoms with van der Waals surface area (Å²) in [6, 6.07) is 10.5. The number of carbonyl (C=O) groups excluding carboxylic acids is 1. The van der Waals surface area contributed by atoms with Gasteiger partial charge < -0.3 is 4.74 Å². The summed E-state index contributed by atoms with van der Waals surface area (Å²) < 4.78 is 6.04. The average molecular weight is 414 g/mol. The van der Waals surface area contributed by atoms with Gasteiger partial charge in [-0.1, -0.05) is 40.9 Å². The van der Waals surface area contributed by atoms with E-state index in [2.05, 4.69) is 10.5 Å². The van der Waals surface area contributed by atoms with E-state index in [0.29, 0.717) is 31.3 Å². The molecule has 1 aromatic heterocycles. The zero-order chi connectivity index (χ0) is 18.0. The van der Waals surface area contributed by atoms with Gasteiger partial charge in [0.05, 0.1) is 28.4 Å². The number of nitrogens with zero attached hydrogens (tertiary/aromatic N) is 1. The van der Waals surface area contributed by atoms with E-state index >= 15 is 0 Å². The van der Waals surface area contributed by atoms with Crippen LogP contribution in [0.5, 0.6) is 5.75 Å². The number of rotatable bonds is 4. The van der Waals surface area contributed by atoms with Gasteiger partial charge in [0.1, 0.15) is 10.6 Å². The second kappa shape index (κ2) is 7.62. The Morgan fingerprint density at radius 1 is 1.20 bits per heavy atom. The molecule has 0 unspecified atom stereocenters. The molecule has 1 amide bonds. The van der Waals surface area contributed by atoms with E-state index in [1.54, 1.807) is 31.4 Å². The van der Waals surface area contributed by atoms with Gasteiger partial charge in [-0.3, -0.25) is 4.79 Å². The van der Waals surface area contributed by atoms with Gasteiger partial charge in [-0.2, -0.15) is 5.10 Å². The van der Waals surface area contributed by atoms with E-state index in [9.17, 15) is 4.79 Å². The molecule has 8 heteroatoms. The van der Waals surface area contributed by atoms with Gasteiger partial charge in [0.25, 0.3) is 5.91 Å². The van der Waals surface area contributed by atoms with Crippen molar-refractivity contribution >= 4 is 68.3 Å². The number of carbonyl (C=O) groups is 1. The molecule has 1 heterocycles. The highest BCUT2D eigenvalue weighted by Gasteiger charge is 2.17. The second-order valence-corrected chi connectivity index (χ2v) is 7.19. The van der Waals surface area contributed by atoms with Crippen molar-refractivity contribution < 1.29 is 9.53 Å². The van der Waals surface area contributed by atoms with Crippen LogP contribution in [-0.2, 0) is 0 Å². The Bertz CT molecular complexity index is 965. The SMILES string of the molecule is COc1ccc2c(Cl)c(C(=O)NN=Cc3c(Cl)cccc3Cl)sc2c1. The molecule has 1 N–H and O–H groups in total. The third-order valence-electron chi connectivity index (χ3n) is 3.40. The quantitative estimate of drug-likeness (QED) is 0.445. The molecule has 3 aromatic rings. The van der Waals surface area contributed by atoms with Crippen molar-refractivity contribution in [3.8, 4) is 5.75 Å². The van der Waals surface area contributed by atoms with Crippen LogP contribution in [0.2, 0.25) is 15.1 Å². The highest BCUT2D eigenvalue weighted by Crippen LogP contribution is 2.37. The lowest BCUT2D eigenvalue weighted by Crippen LogP contribution is -2.16. The summed E-state index contributed by atoms with van der Waals surface area (Å²) in [6.07, 6.45) is 1.40. The molecule has 0 spiro atoms. The van der Waals surface area contributed by atoms with Crippen molar-refractivity contribution in [2.45, 2.75) is 0 Å². The Morgan fingerprint density at radius 2 is 1.92 bits per heavy atom. The first-order valence-electron chi connectivity index (χ1n) is 7.04. The Balaban J connectivity index is 1.83. The van der Waals surface area contributed by atoms with Crippen molar-refractivity contribution in [2.24, 2.45) is 5.10 Å². The molecule has 0 saturated carbocycles.